The smallest absolute Gasteiger partial charge is 0.118 e. The highest BCUT2D eigenvalue weighted by Gasteiger charge is 2.39. The third-order valence-electron chi connectivity index (χ3n) is 5.20. The van der Waals surface area contributed by atoms with Gasteiger partial charge in [0.25, 0.3) is 0 Å². The average Bonchev–Trinajstić information content (AvgIpc) is 2.53. The molecule has 1 unspecified atom stereocenters. The number of benzene rings is 1. The Bertz CT molecular complexity index is 421. The molecule has 0 aliphatic heterocycles. The minimum Gasteiger partial charge on any atom is -0.497 e. The topological polar surface area (TPSA) is 38.5 Å². The van der Waals surface area contributed by atoms with E-state index in [9.17, 15) is 0 Å². The number of rotatable bonds is 6. The van der Waals surface area contributed by atoms with Gasteiger partial charge in [-0.2, -0.15) is 0 Å². The molecule has 0 bridgehead atoms. The average molecular weight is 290 g/mol. The van der Waals surface area contributed by atoms with Gasteiger partial charge in [0.1, 0.15) is 5.75 Å². The van der Waals surface area contributed by atoms with Gasteiger partial charge in [-0.05, 0) is 57.5 Å². The lowest BCUT2D eigenvalue weighted by molar-refractivity contribution is 0.0686. The summed E-state index contributed by atoms with van der Waals surface area (Å²) in [5.74, 6) is 0.917. The third kappa shape index (κ3) is 3.78. The molecule has 3 nitrogen and oxygen atoms in total. The fourth-order valence-electron chi connectivity index (χ4n) is 3.70. The zero-order chi connectivity index (χ0) is 15.3. The highest BCUT2D eigenvalue weighted by atomic mass is 16.5. The number of hydrogen-bond donors (Lipinski definition) is 1. The molecule has 1 aliphatic rings. The Morgan fingerprint density at radius 2 is 1.76 bits per heavy atom. The Labute approximate surface area is 129 Å². The summed E-state index contributed by atoms with van der Waals surface area (Å²) in [5, 5.41) is 0. The third-order valence-corrected chi connectivity index (χ3v) is 5.20. The van der Waals surface area contributed by atoms with Gasteiger partial charge in [0.15, 0.2) is 0 Å². The zero-order valence-electron chi connectivity index (χ0n) is 13.8. The highest BCUT2D eigenvalue weighted by Crippen LogP contribution is 2.35. The van der Waals surface area contributed by atoms with E-state index in [4.69, 9.17) is 10.5 Å². The Hall–Kier alpha value is -1.06. The number of ether oxygens (including phenoxy) is 1. The van der Waals surface area contributed by atoms with Crippen LogP contribution in [0.4, 0.5) is 0 Å². The highest BCUT2D eigenvalue weighted by molar-refractivity contribution is 5.27. The van der Waals surface area contributed by atoms with Crippen LogP contribution >= 0.6 is 0 Å². The molecule has 0 heterocycles. The van der Waals surface area contributed by atoms with E-state index in [-0.39, 0.29) is 11.6 Å². The van der Waals surface area contributed by atoms with E-state index >= 15 is 0 Å². The summed E-state index contributed by atoms with van der Waals surface area (Å²) < 4.78 is 5.21. The zero-order valence-corrected chi connectivity index (χ0v) is 13.8. The van der Waals surface area contributed by atoms with Crippen LogP contribution in [0, 0.1) is 0 Å². The Morgan fingerprint density at radius 3 is 2.29 bits per heavy atom. The molecule has 1 atom stereocenters. The van der Waals surface area contributed by atoms with Crippen molar-refractivity contribution in [3.05, 3.63) is 29.8 Å². The second kappa shape index (κ2) is 7.28. The van der Waals surface area contributed by atoms with Gasteiger partial charge in [-0.25, -0.2) is 0 Å². The second-order valence-electron chi connectivity index (χ2n) is 6.55. The fraction of sp³-hybridized carbons (Fsp3) is 0.667. The molecule has 1 fully saturated rings. The van der Waals surface area contributed by atoms with Crippen LogP contribution in [0.1, 0.15) is 44.1 Å². The number of methoxy groups -OCH3 is 1. The maximum Gasteiger partial charge on any atom is 0.118 e. The normalized spacial score (nSPS) is 19.5. The molecule has 0 saturated heterocycles. The second-order valence-corrected chi connectivity index (χ2v) is 6.55. The minimum atomic E-state index is 0.199. The summed E-state index contributed by atoms with van der Waals surface area (Å²) in [6, 6.07) is 8.60. The van der Waals surface area contributed by atoms with E-state index in [0.29, 0.717) is 0 Å². The number of likely N-dealkylation sites (N-methyl/N-ethyl adjacent to an activating group) is 1. The van der Waals surface area contributed by atoms with Gasteiger partial charge in [-0.3, -0.25) is 0 Å². The van der Waals surface area contributed by atoms with Gasteiger partial charge in [-0.1, -0.05) is 31.4 Å². The molecule has 1 saturated carbocycles. The molecule has 1 aromatic carbocycles. The van der Waals surface area contributed by atoms with Crippen molar-refractivity contribution in [3.8, 4) is 5.75 Å². The lowest BCUT2D eigenvalue weighted by Gasteiger charge is -2.47. The summed E-state index contributed by atoms with van der Waals surface area (Å²) in [7, 11) is 6.09. The minimum absolute atomic E-state index is 0.199. The van der Waals surface area contributed by atoms with Crippen molar-refractivity contribution in [2.24, 2.45) is 5.73 Å². The molecule has 2 N–H and O–H groups in total. The summed E-state index contributed by atoms with van der Waals surface area (Å²) in [5.41, 5.74) is 8.16. The van der Waals surface area contributed by atoms with Gasteiger partial charge in [0.05, 0.1) is 7.11 Å². The van der Waals surface area contributed by atoms with Gasteiger partial charge >= 0.3 is 0 Å². The molecule has 0 aromatic heterocycles. The largest absolute Gasteiger partial charge is 0.497 e. The molecule has 0 amide bonds. The molecule has 1 aromatic rings. The molecular weight excluding hydrogens is 260 g/mol. The number of aryl methyl sites for hydroxylation is 1. The predicted molar refractivity (Wildman–Crippen MR) is 88.8 cm³/mol. The van der Waals surface area contributed by atoms with Crippen molar-refractivity contribution in [3.63, 3.8) is 0 Å². The monoisotopic (exact) mass is 290 g/mol. The van der Waals surface area contributed by atoms with Gasteiger partial charge in [0.2, 0.25) is 0 Å². The molecule has 0 spiro atoms. The van der Waals surface area contributed by atoms with Crippen molar-refractivity contribution in [1.29, 1.82) is 0 Å². The van der Waals surface area contributed by atoms with Gasteiger partial charge < -0.3 is 15.4 Å². The first kappa shape index (κ1) is 16.3. The van der Waals surface area contributed by atoms with Crippen LogP contribution in [0.2, 0.25) is 0 Å². The summed E-state index contributed by atoms with van der Waals surface area (Å²) in [4.78, 5) is 2.38. The molecule has 21 heavy (non-hydrogen) atoms. The summed E-state index contributed by atoms with van der Waals surface area (Å²) in [6.45, 7) is 0. The summed E-state index contributed by atoms with van der Waals surface area (Å²) >= 11 is 0. The first-order chi connectivity index (χ1) is 10.1. The molecule has 0 radical (unpaired) electrons. The Balaban J connectivity index is 1.96. The van der Waals surface area contributed by atoms with Crippen LogP contribution in [-0.4, -0.2) is 37.7 Å². The van der Waals surface area contributed by atoms with Crippen LogP contribution in [0.5, 0.6) is 5.75 Å². The van der Waals surface area contributed by atoms with E-state index in [0.717, 1.165) is 18.6 Å². The van der Waals surface area contributed by atoms with E-state index < -0.39 is 0 Å². The van der Waals surface area contributed by atoms with Crippen molar-refractivity contribution >= 4 is 0 Å². The van der Waals surface area contributed by atoms with Gasteiger partial charge in [0, 0.05) is 11.6 Å². The number of nitrogens with two attached hydrogens (primary N) is 1. The lowest BCUT2D eigenvalue weighted by atomic mass is 9.74. The van der Waals surface area contributed by atoms with Crippen molar-refractivity contribution in [1.82, 2.24) is 4.90 Å². The predicted octanol–water partition coefficient (Wildman–Crippen LogP) is 3.22. The fourth-order valence-corrected chi connectivity index (χ4v) is 3.70. The van der Waals surface area contributed by atoms with Crippen LogP contribution < -0.4 is 10.5 Å². The Morgan fingerprint density at radius 1 is 1.14 bits per heavy atom. The number of hydrogen-bond acceptors (Lipinski definition) is 3. The first-order valence-electron chi connectivity index (χ1n) is 8.14. The Kier molecular flexibility index (Phi) is 5.65. The van der Waals surface area contributed by atoms with Crippen LogP contribution in [0.3, 0.4) is 0 Å². The summed E-state index contributed by atoms with van der Waals surface area (Å²) in [6.07, 6.45) is 8.56. The van der Waals surface area contributed by atoms with E-state index in [1.807, 2.05) is 12.1 Å². The molecule has 2 rings (SSSR count). The molecular formula is C18H30N2O. The number of nitrogens with zero attached hydrogens (tertiary/aromatic N) is 1. The van der Waals surface area contributed by atoms with Crippen molar-refractivity contribution in [2.75, 3.05) is 21.2 Å². The van der Waals surface area contributed by atoms with E-state index in [1.165, 1.54) is 37.7 Å². The maximum atomic E-state index is 6.62. The van der Waals surface area contributed by atoms with Crippen molar-refractivity contribution in [2.45, 2.75) is 56.5 Å². The lowest BCUT2D eigenvalue weighted by Crippen LogP contribution is -2.58. The molecule has 1 aliphatic carbocycles. The quantitative estimate of drug-likeness (QED) is 0.874. The van der Waals surface area contributed by atoms with Crippen LogP contribution in [-0.2, 0) is 6.42 Å². The van der Waals surface area contributed by atoms with Crippen LogP contribution in [0.25, 0.3) is 0 Å². The maximum absolute atomic E-state index is 6.62. The SMILES string of the molecule is COc1ccc(CCC(N)C2(N(C)C)CCCCC2)cc1. The molecule has 118 valence electrons. The van der Waals surface area contributed by atoms with E-state index in [1.54, 1.807) is 7.11 Å². The van der Waals surface area contributed by atoms with Gasteiger partial charge in [-0.15, -0.1) is 0 Å². The standard InChI is InChI=1S/C18H30N2O/c1-20(2)18(13-5-4-6-14-18)17(19)12-9-15-7-10-16(21-3)11-8-15/h7-8,10-11,17H,4-6,9,12-14,19H2,1-3H3. The molecule has 3 heteroatoms. The first-order valence-corrected chi connectivity index (χ1v) is 8.14. The van der Waals surface area contributed by atoms with E-state index in [2.05, 4.69) is 31.1 Å². The van der Waals surface area contributed by atoms with Crippen molar-refractivity contribution < 1.29 is 4.74 Å². The van der Waals surface area contributed by atoms with Crippen LogP contribution in [0.15, 0.2) is 24.3 Å².